The van der Waals surface area contributed by atoms with Crippen molar-refractivity contribution in [3.8, 4) is 11.4 Å². The Hall–Kier alpha value is -3.02. The van der Waals surface area contributed by atoms with Crippen molar-refractivity contribution in [2.75, 3.05) is 0 Å². The Morgan fingerprint density at radius 2 is 1.81 bits per heavy atom. The van der Waals surface area contributed by atoms with Crippen LogP contribution in [0.15, 0.2) is 42.5 Å². The summed E-state index contributed by atoms with van der Waals surface area (Å²) in [5, 5.41) is 15.0. The molecule has 0 fully saturated rings. The largest absolute Gasteiger partial charge is 0.358 e. The molecule has 2 N–H and O–H groups in total. The normalized spacial score (nSPS) is 12.0. The van der Waals surface area contributed by atoms with Crippen molar-refractivity contribution in [1.82, 2.24) is 25.6 Å². The van der Waals surface area contributed by atoms with Gasteiger partial charge in [-0.15, -0.1) is 10.2 Å². The van der Waals surface area contributed by atoms with E-state index < -0.39 is 0 Å². The quantitative estimate of drug-likeness (QED) is 0.577. The van der Waals surface area contributed by atoms with Crippen LogP contribution in [0.4, 0.5) is 4.39 Å². The topological polar surface area (TPSA) is 70.2 Å². The van der Waals surface area contributed by atoms with Gasteiger partial charge in [0.05, 0.1) is 0 Å². The van der Waals surface area contributed by atoms with Crippen LogP contribution in [0.5, 0.6) is 0 Å². The van der Waals surface area contributed by atoms with Gasteiger partial charge in [-0.1, -0.05) is 45.0 Å². The first-order valence-electron chi connectivity index (χ1n) is 8.55. The zero-order chi connectivity index (χ0) is 18.3. The van der Waals surface area contributed by atoms with Crippen LogP contribution in [0.1, 0.15) is 37.6 Å². The van der Waals surface area contributed by atoms with Crippen molar-refractivity contribution in [2.45, 2.75) is 32.6 Å². The van der Waals surface area contributed by atoms with Crippen molar-refractivity contribution in [1.29, 1.82) is 0 Å². The standard InChI is InChI=1S/C20H20FN5/c1-20(2,3)18-16(15-11-14(21)8-9-17(15)22-18)10-12-4-6-13(7-5-12)19-23-25-26-24-19/h4-9,11,22H,10H2,1-3H3,(H,23,24,25,26). The first-order valence-corrected chi connectivity index (χ1v) is 8.55. The molecule has 0 radical (unpaired) electrons. The van der Waals surface area contributed by atoms with E-state index in [1.165, 1.54) is 6.07 Å². The van der Waals surface area contributed by atoms with Crippen LogP contribution in [0.3, 0.4) is 0 Å². The Balaban J connectivity index is 1.75. The SMILES string of the molecule is CC(C)(C)c1[nH]c2ccc(F)cc2c1Cc1ccc(-c2nn[nH]n2)cc1. The Morgan fingerprint density at radius 1 is 1.04 bits per heavy atom. The lowest BCUT2D eigenvalue weighted by Crippen LogP contribution is -2.14. The molecule has 4 rings (SSSR count). The van der Waals surface area contributed by atoms with E-state index in [4.69, 9.17) is 0 Å². The number of benzene rings is 2. The van der Waals surface area contributed by atoms with E-state index in [0.29, 0.717) is 5.82 Å². The summed E-state index contributed by atoms with van der Waals surface area (Å²) >= 11 is 0. The second-order valence-corrected chi connectivity index (χ2v) is 7.53. The average Bonchev–Trinajstić information content (AvgIpc) is 3.24. The van der Waals surface area contributed by atoms with Gasteiger partial charge in [0.15, 0.2) is 0 Å². The molecule has 0 saturated heterocycles. The number of H-pyrrole nitrogens is 2. The minimum absolute atomic E-state index is 0.0601. The second-order valence-electron chi connectivity index (χ2n) is 7.53. The Labute approximate surface area is 150 Å². The molecular weight excluding hydrogens is 329 g/mol. The Kier molecular flexibility index (Phi) is 3.83. The van der Waals surface area contributed by atoms with Gasteiger partial charge in [-0.2, -0.15) is 5.21 Å². The van der Waals surface area contributed by atoms with E-state index in [1.54, 1.807) is 6.07 Å². The van der Waals surface area contributed by atoms with E-state index in [-0.39, 0.29) is 11.2 Å². The number of fused-ring (bicyclic) bond motifs is 1. The summed E-state index contributed by atoms with van der Waals surface area (Å²) < 4.78 is 13.8. The number of aromatic amines is 2. The molecule has 0 amide bonds. The van der Waals surface area contributed by atoms with Gasteiger partial charge >= 0.3 is 0 Å². The summed E-state index contributed by atoms with van der Waals surface area (Å²) in [5.41, 5.74) is 5.24. The number of rotatable bonds is 3. The molecule has 4 aromatic rings. The third-order valence-corrected chi connectivity index (χ3v) is 4.56. The van der Waals surface area contributed by atoms with Gasteiger partial charge in [-0.25, -0.2) is 4.39 Å². The van der Waals surface area contributed by atoms with Crippen LogP contribution in [0.25, 0.3) is 22.3 Å². The highest BCUT2D eigenvalue weighted by Crippen LogP contribution is 2.33. The molecule has 6 heteroatoms. The highest BCUT2D eigenvalue weighted by Gasteiger charge is 2.23. The molecule has 2 heterocycles. The molecule has 0 spiro atoms. The van der Waals surface area contributed by atoms with Crippen LogP contribution < -0.4 is 0 Å². The highest BCUT2D eigenvalue weighted by atomic mass is 19.1. The lowest BCUT2D eigenvalue weighted by molar-refractivity contribution is 0.568. The summed E-state index contributed by atoms with van der Waals surface area (Å²) in [6.07, 6.45) is 0.725. The van der Waals surface area contributed by atoms with Gasteiger partial charge in [-0.05, 0) is 41.0 Å². The number of nitrogens with one attached hydrogen (secondary N) is 2. The third kappa shape index (κ3) is 2.98. The maximum atomic E-state index is 13.8. The molecule has 0 bridgehead atoms. The first-order chi connectivity index (χ1) is 12.4. The number of aromatic nitrogens is 5. The maximum Gasteiger partial charge on any atom is 0.204 e. The number of hydrogen-bond acceptors (Lipinski definition) is 3. The smallest absolute Gasteiger partial charge is 0.204 e. The zero-order valence-electron chi connectivity index (χ0n) is 15.0. The zero-order valence-corrected chi connectivity index (χ0v) is 15.0. The molecule has 132 valence electrons. The molecular formula is C20H20FN5. The third-order valence-electron chi connectivity index (χ3n) is 4.56. The molecule has 2 aromatic carbocycles. The van der Waals surface area contributed by atoms with Crippen molar-refractivity contribution in [2.24, 2.45) is 0 Å². The summed E-state index contributed by atoms with van der Waals surface area (Å²) in [4.78, 5) is 3.49. The monoisotopic (exact) mass is 349 g/mol. The number of nitrogens with zero attached hydrogens (tertiary/aromatic N) is 3. The fourth-order valence-electron chi connectivity index (χ4n) is 3.30. The van der Waals surface area contributed by atoms with Gasteiger partial charge in [0.25, 0.3) is 0 Å². The number of tetrazole rings is 1. The van der Waals surface area contributed by atoms with Crippen molar-refractivity contribution >= 4 is 10.9 Å². The molecule has 0 unspecified atom stereocenters. The van der Waals surface area contributed by atoms with E-state index in [2.05, 4.69) is 58.5 Å². The van der Waals surface area contributed by atoms with Crippen molar-refractivity contribution in [3.05, 3.63) is 65.1 Å². The Morgan fingerprint density at radius 3 is 2.46 bits per heavy atom. The molecule has 26 heavy (non-hydrogen) atoms. The van der Waals surface area contributed by atoms with Crippen LogP contribution in [0, 0.1) is 5.82 Å². The molecule has 0 aliphatic rings. The van der Waals surface area contributed by atoms with Gasteiger partial charge in [0.2, 0.25) is 5.82 Å². The van der Waals surface area contributed by atoms with Crippen LogP contribution in [-0.4, -0.2) is 25.6 Å². The molecule has 0 saturated carbocycles. The van der Waals surface area contributed by atoms with Gasteiger partial charge in [-0.3, -0.25) is 0 Å². The fourth-order valence-corrected chi connectivity index (χ4v) is 3.30. The molecule has 0 aliphatic carbocycles. The van der Waals surface area contributed by atoms with Crippen LogP contribution in [-0.2, 0) is 11.8 Å². The highest BCUT2D eigenvalue weighted by molar-refractivity contribution is 5.85. The second kappa shape index (κ2) is 6.05. The predicted molar refractivity (Wildman–Crippen MR) is 99.4 cm³/mol. The fraction of sp³-hybridized carbons (Fsp3) is 0.250. The summed E-state index contributed by atoms with van der Waals surface area (Å²) in [6.45, 7) is 6.49. The molecule has 0 atom stereocenters. The number of hydrogen-bond donors (Lipinski definition) is 2. The van der Waals surface area contributed by atoms with Crippen LogP contribution >= 0.6 is 0 Å². The summed E-state index contributed by atoms with van der Waals surface area (Å²) in [6, 6.07) is 13.0. The first kappa shape index (κ1) is 16.4. The molecule has 5 nitrogen and oxygen atoms in total. The van der Waals surface area contributed by atoms with E-state index >= 15 is 0 Å². The van der Waals surface area contributed by atoms with Crippen molar-refractivity contribution < 1.29 is 4.39 Å². The summed E-state index contributed by atoms with van der Waals surface area (Å²) in [7, 11) is 0. The predicted octanol–water partition coefficient (Wildman–Crippen LogP) is 4.38. The van der Waals surface area contributed by atoms with Gasteiger partial charge < -0.3 is 4.98 Å². The molecule has 2 aromatic heterocycles. The van der Waals surface area contributed by atoms with Gasteiger partial charge in [0.1, 0.15) is 5.82 Å². The van der Waals surface area contributed by atoms with E-state index in [9.17, 15) is 4.39 Å². The minimum atomic E-state index is -0.217. The lowest BCUT2D eigenvalue weighted by Gasteiger charge is -2.19. The van der Waals surface area contributed by atoms with E-state index in [0.717, 1.165) is 39.7 Å². The van der Waals surface area contributed by atoms with Crippen molar-refractivity contribution in [3.63, 3.8) is 0 Å². The number of halogens is 1. The van der Waals surface area contributed by atoms with E-state index in [1.807, 2.05) is 18.2 Å². The van der Waals surface area contributed by atoms with Gasteiger partial charge in [0, 0.05) is 27.6 Å². The molecule has 0 aliphatic heterocycles. The minimum Gasteiger partial charge on any atom is -0.358 e. The van der Waals surface area contributed by atoms with Crippen LogP contribution in [0.2, 0.25) is 0 Å². The average molecular weight is 349 g/mol. The summed E-state index contributed by atoms with van der Waals surface area (Å²) in [5.74, 6) is 0.353. The lowest BCUT2D eigenvalue weighted by atomic mass is 9.87. The Bertz CT molecular complexity index is 1040. The maximum absolute atomic E-state index is 13.8.